The van der Waals surface area contributed by atoms with Crippen molar-refractivity contribution in [3.63, 3.8) is 0 Å². The summed E-state index contributed by atoms with van der Waals surface area (Å²) in [6.45, 7) is 8.59. The Bertz CT molecular complexity index is 497. The molecule has 0 saturated heterocycles. The van der Waals surface area contributed by atoms with Crippen molar-refractivity contribution in [1.29, 1.82) is 0 Å². The Kier molecular flexibility index (Phi) is 6.49. The van der Waals surface area contributed by atoms with E-state index in [0.29, 0.717) is 18.8 Å². The lowest BCUT2D eigenvalue weighted by Gasteiger charge is -2.22. The molecule has 0 bridgehead atoms. The molecule has 0 aliphatic rings. The van der Waals surface area contributed by atoms with E-state index in [1.54, 1.807) is 12.1 Å². The second-order valence-electron chi connectivity index (χ2n) is 6.18. The first-order valence-electron chi connectivity index (χ1n) is 7.27. The molecule has 0 aliphatic carbocycles. The van der Waals surface area contributed by atoms with Gasteiger partial charge >= 0.3 is 6.09 Å². The normalized spacial score (nSPS) is 12.6. The number of methoxy groups -OCH3 is 1. The SMILES string of the molecule is COc1cc(CNCC(C)NC(=O)OC(C)(C)C)ccc1O. The monoisotopic (exact) mass is 310 g/mol. The molecule has 22 heavy (non-hydrogen) atoms. The Morgan fingerprint density at radius 1 is 1.36 bits per heavy atom. The Labute approximate surface area is 131 Å². The van der Waals surface area contributed by atoms with Crippen LogP contribution in [-0.4, -0.2) is 36.5 Å². The summed E-state index contributed by atoms with van der Waals surface area (Å²) in [7, 11) is 1.51. The van der Waals surface area contributed by atoms with Crippen LogP contribution in [0.4, 0.5) is 4.79 Å². The third-order valence-electron chi connectivity index (χ3n) is 2.79. The molecule has 1 atom stereocenters. The van der Waals surface area contributed by atoms with Crippen LogP contribution in [0.3, 0.4) is 0 Å². The molecule has 6 nitrogen and oxygen atoms in total. The van der Waals surface area contributed by atoms with E-state index < -0.39 is 11.7 Å². The van der Waals surface area contributed by atoms with Gasteiger partial charge in [0.05, 0.1) is 7.11 Å². The van der Waals surface area contributed by atoms with Gasteiger partial charge in [-0.05, 0) is 45.4 Å². The van der Waals surface area contributed by atoms with Crippen molar-refractivity contribution in [1.82, 2.24) is 10.6 Å². The number of carbonyl (C=O) groups excluding carboxylic acids is 1. The van der Waals surface area contributed by atoms with Gasteiger partial charge in [0, 0.05) is 19.1 Å². The molecule has 0 saturated carbocycles. The van der Waals surface area contributed by atoms with Gasteiger partial charge in [-0.15, -0.1) is 0 Å². The fourth-order valence-electron chi connectivity index (χ4n) is 1.82. The number of rotatable bonds is 6. The zero-order chi connectivity index (χ0) is 16.8. The molecule has 0 aromatic heterocycles. The van der Waals surface area contributed by atoms with Gasteiger partial charge in [0.2, 0.25) is 0 Å². The molecule has 1 rings (SSSR count). The highest BCUT2D eigenvalue weighted by Gasteiger charge is 2.17. The molecule has 1 amide bonds. The molecule has 6 heteroatoms. The lowest BCUT2D eigenvalue weighted by atomic mass is 10.2. The van der Waals surface area contributed by atoms with Gasteiger partial charge in [0.25, 0.3) is 0 Å². The zero-order valence-electron chi connectivity index (χ0n) is 13.9. The zero-order valence-corrected chi connectivity index (χ0v) is 13.9. The summed E-state index contributed by atoms with van der Waals surface area (Å²) < 4.78 is 10.3. The quantitative estimate of drug-likeness (QED) is 0.752. The van der Waals surface area contributed by atoms with Gasteiger partial charge in [-0.25, -0.2) is 4.79 Å². The second-order valence-corrected chi connectivity index (χ2v) is 6.18. The molecule has 0 fully saturated rings. The van der Waals surface area contributed by atoms with Gasteiger partial charge in [-0.3, -0.25) is 0 Å². The van der Waals surface area contributed by atoms with E-state index in [-0.39, 0.29) is 11.8 Å². The van der Waals surface area contributed by atoms with Crippen LogP contribution in [0.5, 0.6) is 11.5 Å². The number of nitrogens with one attached hydrogen (secondary N) is 2. The van der Waals surface area contributed by atoms with Crippen LogP contribution in [0.15, 0.2) is 18.2 Å². The first-order chi connectivity index (χ1) is 10.2. The third-order valence-corrected chi connectivity index (χ3v) is 2.79. The number of hydrogen-bond donors (Lipinski definition) is 3. The van der Waals surface area contributed by atoms with Crippen LogP contribution in [-0.2, 0) is 11.3 Å². The number of benzene rings is 1. The van der Waals surface area contributed by atoms with Crippen molar-refractivity contribution in [3.05, 3.63) is 23.8 Å². The van der Waals surface area contributed by atoms with Crippen LogP contribution in [0, 0.1) is 0 Å². The van der Waals surface area contributed by atoms with Crippen molar-refractivity contribution in [2.75, 3.05) is 13.7 Å². The maximum Gasteiger partial charge on any atom is 0.407 e. The topological polar surface area (TPSA) is 79.8 Å². The molecule has 0 aliphatic heterocycles. The van der Waals surface area contributed by atoms with E-state index in [4.69, 9.17) is 9.47 Å². The molecule has 0 spiro atoms. The number of phenolic OH excluding ortho intramolecular Hbond substituents is 1. The average Bonchev–Trinajstić information content (AvgIpc) is 2.38. The summed E-state index contributed by atoms with van der Waals surface area (Å²) in [6, 6.07) is 5.12. The number of alkyl carbamates (subject to hydrolysis) is 1. The van der Waals surface area contributed by atoms with Gasteiger partial charge in [-0.1, -0.05) is 6.07 Å². The van der Waals surface area contributed by atoms with E-state index in [1.165, 1.54) is 7.11 Å². The summed E-state index contributed by atoms with van der Waals surface area (Å²) in [5.41, 5.74) is 0.485. The Morgan fingerprint density at radius 3 is 2.64 bits per heavy atom. The predicted octanol–water partition coefficient (Wildman–Crippen LogP) is 2.40. The van der Waals surface area contributed by atoms with Crippen molar-refractivity contribution < 1.29 is 19.4 Å². The molecule has 1 aromatic carbocycles. The minimum atomic E-state index is -0.500. The maximum atomic E-state index is 11.6. The first-order valence-corrected chi connectivity index (χ1v) is 7.27. The number of ether oxygens (including phenoxy) is 2. The van der Waals surface area contributed by atoms with Gasteiger partial charge in [0.1, 0.15) is 5.60 Å². The number of amides is 1. The highest BCUT2D eigenvalue weighted by molar-refractivity contribution is 5.68. The van der Waals surface area contributed by atoms with Crippen molar-refractivity contribution in [3.8, 4) is 11.5 Å². The minimum absolute atomic E-state index is 0.0612. The van der Waals surface area contributed by atoms with Gasteiger partial charge < -0.3 is 25.2 Å². The van der Waals surface area contributed by atoms with E-state index in [2.05, 4.69) is 10.6 Å². The third kappa shape index (κ3) is 6.67. The van der Waals surface area contributed by atoms with Crippen LogP contribution in [0.1, 0.15) is 33.3 Å². The highest BCUT2D eigenvalue weighted by Crippen LogP contribution is 2.26. The van der Waals surface area contributed by atoms with Crippen LogP contribution < -0.4 is 15.4 Å². The molecular weight excluding hydrogens is 284 g/mol. The highest BCUT2D eigenvalue weighted by atomic mass is 16.6. The number of carbonyl (C=O) groups is 1. The Balaban J connectivity index is 2.36. The van der Waals surface area contributed by atoms with Crippen molar-refractivity contribution in [2.45, 2.75) is 45.9 Å². The number of hydrogen-bond acceptors (Lipinski definition) is 5. The van der Waals surface area contributed by atoms with Gasteiger partial charge in [-0.2, -0.15) is 0 Å². The smallest absolute Gasteiger partial charge is 0.407 e. The van der Waals surface area contributed by atoms with E-state index in [9.17, 15) is 9.90 Å². The Hall–Kier alpha value is -1.95. The average molecular weight is 310 g/mol. The fraction of sp³-hybridized carbons (Fsp3) is 0.562. The van der Waals surface area contributed by atoms with Gasteiger partial charge in [0.15, 0.2) is 11.5 Å². The lowest BCUT2D eigenvalue weighted by molar-refractivity contribution is 0.0508. The molecule has 124 valence electrons. The fourth-order valence-corrected chi connectivity index (χ4v) is 1.82. The summed E-state index contributed by atoms with van der Waals surface area (Å²) in [4.78, 5) is 11.6. The molecule has 0 radical (unpaired) electrons. The largest absolute Gasteiger partial charge is 0.504 e. The van der Waals surface area contributed by atoms with E-state index in [1.807, 2.05) is 33.8 Å². The van der Waals surface area contributed by atoms with Crippen molar-refractivity contribution in [2.24, 2.45) is 0 Å². The Morgan fingerprint density at radius 2 is 2.05 bits per heavy atom. The first kappa shape index (κ1) is 18.1. The molecule has 1 unspecified atom stereocenters. The molecule has 0 heterocycles. The van der Waals surface area contributed by atoms with Crippen molar-refractivity contribution >= 4 is 6.09 Å². The lowest BCUT2D eigenvalue weighted by Crippen LogP contribution is -2.42. The summed E-state index contributed by atoms with van der Waals surface area (Å²) in [5, 5.41) is 15.5. The molecule has 3 N–H and O–H groups in total. The van der Waals surface area contributed by atoms with Crippen LogP contribution in [0.25, 0.3) is 0 Å². The summed E-state index contributed by atoms with van der Waals surface area (Å²) >= 11 is 0. The number of phenols is 1. The van der Waals surface area contributed by atoms with Crippen LogP contribution >= 0.6 is 0 Å². The minimum Gasteiger partial charge on any atom is -0.504 e. The molecule has 1 aromatic rings. The second kappa shape index (κ2) is 7.89. The number of aromatic hydroxyl groups is 1. The summed E-state index contributed by atoms with van der Waals surface area (Å²) in [6.07, 6.45) is -0.423. The summed E-state index contributed by atoms with van der Waals surface area (Å²) in [5.74, 6) is 0.561. The predicted molar refractivity (Wildman–Crippen MR) is 85.2 cm³/mol. The maximum absolute atomic E-state index is 11.6. The standard InChI is InChI=1S/C16H26N2O4/c1-11(18-15(20)22-16(2,3)4)9-17-10-12-6-7-13(19)14(8-12)21-5/h6-8,11,17,19H,9-10H2,1-5H3,(H,18,20). The van der Waals surface area contributed by atoms with E-state index in [0.717, 1.165) is 5.56 Å². The molecular formula is C16H26N2O4. The van der Waals surface area contributed by atoms with Crippen LogP contribution in [0.2, 0.25) is 0 Å². The van der Waals surface area contributed by atoms with E-state index >= 15 is 0 Å².